The molecule has 1 saturated heterocycles. The lowest BCUT2D eigenvalue weighted by Crippen LogP contribution is -2.58. The summed E-state index contributed by atoms with van der Waals surface area (Å²) in [5.74, 6) is 0.188. The summed E-state index contributed by atoms with van der Waals surface area (Å²) in [6, 6.07) is 4.70. The van der Waals surface area contributed by atoms with Crippen molar-refractivity contribution in [3.63, 3.8) is 0 Å². The van der Waals surface area contributed by atoms with Crippen LogP contribution < -0.4 is 5.46 Å². The molecule has 3 aliphatic rings. The number of hydrogen-bond acceptors (Lipinski definition) is 5. The number of rotatable bonds is 3. The quantitative estimate of drug-likeness (QED) is 0.781. The van der Waals surface area contributed by atoms with Gasteiger partial charge in [-0.25, -0.2) is 0 Å². The summed E-state index contributed by atoms with van der Waals surface area (Å²) in [4.78, 5) is 0. The first-order chi connectivity index (χ1) is 12.1. The minimum atomic E-state index is -0.436. The molecule has 0 aromatic carbocycles. The van der Waals surface area contributed by atoms with Crippen LogP contribution in [0.2, 0.25) is 0 Å². The molecule has 2 heterocycles. The molecule has 1 aromatic heterocycles. The lowest BCUT2D eigenvalue weighted by Gasteiger charge is -2.61. The zero-order valence-electron chi connectivity index (χ0n) is 16.0. The Bertz CT molecular complexity index is 786. The Balaban J connectivity index is 1.52. The van der Waals surface area contributed by atoms with Crippen LogP contribution in [0.5, 0.6) is 0 Å². The summed E-state index contributed by atoms with van der Waals surface area (Å²) in [5, 5.41) is 23.0. The Morgan fingerprint density at radius 3 is 2.35 bits per heavy atom. The molecule has 1 aliphatic heterocycles. The predicted octanol–water partition coefficient (Wildman–Crippen LogP) is 2.51. The number of aromatic nitrogens is 2. The highest BCUT2D eigenvalue weighted by Gasteiger charge is 2.61. The van der Waals surface area contributed by atoms with Gasteiger partial charge in [0.25, 0.3) is 0 Å². The van der Waals surface area contributed by atoms with Crippen molar-refractivity contribution >= 4 is 12.6 Å². The maximum atomic E-state index is 9.35. The van der Waals surface area contributed by atoms with Gasteiger partial charge in [-0.3, -0.25) is 4.68 Å². The average Bonchev–Trinajstić information content (AvgIpc) is 3.04. The molecule has 0 N–H and O–H groups in total. The molecule has 7 heteroatoms. The molecular weight excluding hydrogens is 327 g/mol. The first-order valence-electron chi connectivity index (χ1n) is 9.32. The highest BCUT2D eigenvalue weighted by atomic mass is 16.7. The van der Waals surface area contributed by atoms with Crippen LogP contribution in [-0.4, -0.2) is 28.1 Å². The van der Waals surface area contributed by atoms with E-state index in [1.807, 2.05) is 38.6 Å². The average molecular weight is 352 g/mol. The van der Waals surface area contributed by atoms with Crippen molar-refractivity contribution in [3.8, 4) is 12.1 Å². The fourth-order valence-electron chi connectivity index (χ4n) is 4.92. The first-order valence-corrected chi connectivity index (χ1v) is 9.32. The van der Waals surface area contributed by atoms with Gasteiger partial charge >= 0.3 is 7.12 Å². The standard InChI is InChI=1S/C19H25BN4O2/c1-16(2)17(3,4)26-20(25-16)15-10-23-24(11-15)19(5-6-21)12-18(13-19)7-14(8-18)9-22/h10-11,14H,5,7-8,12-13H2,1-4H3. The van der Waals surface area contributed by atoms with Crippen molar-refractivity contribution in [2.24, 2.45) is 11.3 Å². The summed E-state index contributed by atoms with van der Waals surface area (Å²) in [6.45, 7) is 8.14. The van der Waals surface area contributed by atoms with Gasteiger partial charge in [-0.15, -0.1) is 0 Å². The Labute approximate surface area is 155 Å². The molecule has 2 saturated carbocycles. The molecule has 0 radical (unpaired) electrons. The molecule has 1 aromatic rings. The molecule has 0 amide bonds. The van der Waals surface area contributed by atoms with Gasteiger partial charge in [0.05, 0.1) is 35.3 Å². The third-order valence-electron chi connectivity index (χ3n) is 6.97. The maximum absolute atomic E-state index is 9.35. The van der Waals surface area contributed by atoms with Gasteiger partial charge in [0.2, 0.25) is 0 Å². The second kappa shape index (κ2) is 5.34. The number of nitriles is 2. The predicted molar refractivity (Wildman–Crippen MR) is 96.2 cm³/mol. The van der Waals surface area contributed by atoms with Crippen LogP contribution in [-0.2, 0) is 14.8 Å². The van der Waals surface area contributed by atoms with Crippen LogP contribution in [0, 0.1) is 34.0 Å². The zero-order chi connectivity index (χ0) is 18.8. The van der Waals surface area contributed by atoms with Gasteiger partial charge in [0.15, 0.2) is 0 Å². The molecule has 2 aliphatic carbocycles. The Kier molecular flexibility index (Phi) is 3.61. The van der Waals surface area contributed by atoms with Crippen LogP contribution in [0.15, 0.2) is 12.4 Å². The van der Waals surface area contributed by atoms with Crippen molar-refractivity contribution in [2.75, 3.05) is 0 Å². The largest absolute Gasteiger partial charge is 0.498 e. The molecule has 0 atom stereocenters. The van der Waals surface area contributed by atoms with E-state index < -0.39 is 7.12 Å². The van der Waals surface area contributed by atoms with Crippen LogP contribution in [0.1, 0.15) is 59.8 Å². The lowest BCUT2D eigenvalue weighted by molar-refractivity contribution is -0.108. The highest BCUT2D eigenvalue weighted by Crippen LogP contribution is 2.65. The molecule has 0 unspecified atom stereocenters. The van der Waals surface area contributed by atoms with Crippen molar-refractivity contribution in [3.05, 3.63) is 12.4 Å². The molecular formula is C19H25BN4O2. The van der Waals surface area contributed by atoms with E-state index in [0.717, 1.165) is 31.1 Å². The maximum Gasteiger partial charge on any atom is 0.498 e. The van der Waals surface area contributed by atoms with E-state index in [1.165, 1.54) is 0 Å². The fourth-order valence-corrected chi connectivity index (χ4v) is 4.92. The molecule has 4 rings (SSSR count). The van der Waals surface area contributed by atoms with E-state index in [1.54, 1.807) is 6.20 Å². The second-order valence-corrected chi connectivity index (χ2v) is 9.45. The van der Waals surface area contributed by atoms with Gasteiger partial charge in [0.1, 0.15) is 0 Å². The van der Waals surface area contributed by atoms with Crippen molar-refractivity contribution < 1.29 is 9.31 Å². The minimum absolute atomic E-state index is 0.188. The van der Waals surface area contributed by atoms with Crippen molar-refractivity contribution in [1.82, 2.24) is 9.78 Å². The van der Waals surface area contributed by atoms with Gasteiger partial charge in [0, 0.05) is 23.8 Å². The summed E-state index contributed by atoms with van der Waals surface area (Å²) in [5.41, 5.74) is 0.113. The Morgan fingerprint density at radius 2 is 1.81 bits per heavy atom. The number of nitrogens with zero attached hydrogens (tertiary/aromatic N) is 4. The first kappa shape index (κ1) is 17.6. The smallest absolute Gasteiger partial charge is 0.399 e. The Hall–Kier alpha value is -1.83. The molecule has 3 fully saturated rings. The van der Waals surface area contributed by atoms with Crippen LogP contribution in [0.25, 0.3) is 0 Å². The third-order valence-corrected chi connectivity index (χ3v) is 6.97. The molecule has 26 heavy (non-hydrogen) atoms. The summed E-state index contributed by atoms with van der Waals surface area (Å²) in [7, 11) is -0.436. The topological polar surface area (TPSA) is 83.9 Å². The van der Waals surface area contributed by atoms with E-state index in [-0.39, 0.29) is 28.1 Å². The van der Waals surface area contributed by atoms with E-state index in [0.29, 0.717) is 6.42 Å². The van der Waals surface area contributed by atoms with Crippen molar-refractivity contribution in [2.45, 2.75) is 76.5 Å². The summed E-state index contributed by atoms with van der Waals surface area (Å²) >= 11 is 0. The zero-order valence-corrected chi connectivity index (χ0v) is 16.0. The van der Waals surface area contributed by atoms with Crippen LogP contribution in [0.4, 0.5) is 0 Å². The van der Waals surface area contributed by atoms with E-state index in [4.69, 9.17) is 14.6 Å². The van der Waals surface area contributed by atoms with Crippen LogP contribution >= 0.6 is 0 Å². The third kappa shape index (κ3) is 2.41. The van der Waals surface area contributed by atoms with Gasteiger partial charge in [-0.1, -0.05) is 0 Å². The normalized spacial score (nSPS) is 36.8. The monoisotopic (exact) mass is 352 g/mol. The summed E-state index contributed by atoms with van der Waals surface area (Å²) < 4.78 is 14.2. The molecule has 1 spiro atoms. The van der Waals surface area contributed by atoms with E-state index in [9.17, 15) is 5.26 Å². The van der Waals surface area contributed by atoms with Gasteiger partial charge in [-0.2, -0.15) is 15.6 Å². The highest BCUT2D eigenvalue weighted by molar-refractivity contribution is 6.62. The summed E-state index contributed by atoms with van der Waals surface area (Å²) in [6.07, 6.45) is 7.99. The fraction of sp³-hybridized carbons (Fsp3) is 0.737. The SMILES string of the molecule is CC1(C)OB(c2cnn(C3(CC#N)CC4(CC(C#N)C4)C3)c2)OC1(C)C. The van der Waals surface area contributed by atoms with E-state index >= 15 is 0 Å². The molecule has 0 bridgehead atoms. The van der Waals surface area contributed by atoms with E-state index in [2.05, 4.69) is 17.2 Å². The second-order valence-electron chi connectivity index (χ2n) is 9.45. The minimum Gasteiger partial charge on any atom is -0.399 e. The van der Waals surface area contributed by atoms with Gasteiger partial charge < -0.3 is 9.31 Å². The number of hydrogen-bond donors (Lipinski definition) is 0. The molecule has 6 nitrogen and oxygen atoms in total. The lowest BCUT2D eigenvalue weighted by atomic mass is 9.45. The van der Waals surface area contributed by atoms with Gasteiger partial charge in [-0.05, 0) is 58.8 Å². The van der Waals surface area contributed by atoms with Crippen molar-refractivity contribution in [1.29, 1.82) is 10.5 Å². The molecule has 136 valence electrons. The van der Waals surface area contributed by atoms with Crippen LogP contribution in [0.3, 0.4) is 0 Å². The Morgan fingerprint density at radius 1 is 1.19 bits per heavy atom.